The molecule has 1 aliphatic heterocycles. The van der Waals surface area contributed by atoms with E-state index in [4.69, 9.17) is 14.2 Å². The van der Waals surface area contributed by atoms with Gasteiger partial charge in [-0.05, 0) is 28.8 Å². The lowest BCUT2D eigenvalue weighted by molar-refractivity contribution is -0.0991. The van der Waals surface area contributed by atoms with Crippen molar-refractivity contribution in [3.05, 3.63) is 156 Å². The highest BCUT2D eigenvalue weighted by molar-refractivity contribution is 8.76. The van der Waals surface area contributed by atoms with Crippen LogP contribution in [-0.2, 0) is 19.8 Å². The van der Waals surface area contributed by atoms with Crippen LogP contribution in [0.5, 0.6) is 0 Å². The number of nitrogens with zero attached hydrogens (tertiary/aromatic N) is 4. The highest BCUT2D eigenvalue weighted by Gasteiger charge is 2.43. The van der Waals surface area contributed by atoms with Gasteiger partial charge in [0.1, 0.15) is 30.2 Å². The number of imidazole rings is 1. The molecule has 0 radical (unpaired) electrons. The lowest BCUT2D eigenvalue weighted by Crippen LogP contribution is -2.38. The third-order valence-corrected chi connectivity index (χ3v) is 10.8. The standard InChI is InChI=1S/C39H37N5O4S2/c1-2-49-50-27-46-32-23-34(44-26-42-35-36(40-25-41-37(35)44)43-38(45)28-15-7-3-8-16-28)48-33(32)24-47-39(29-17-9-4-10-18-29,30-19-11-5-12-20-30)31-21-13-6-14-22-31/h3-22,25-26,32-34H,2,23-24,27H2,1H3,(H,40,41,43,45)/t32?,33-,34-/m1/s1. The van der Waals surface area contributed by atoms with Gasteiger partial charge in [-0.25, -0.2) is 15.0 Å². The number of anilines is 1. The fourth-order valence-electron chi connectivity index (χ4n) is 6.33. The highest BCUT2D eigenvalue weighted by Crippen LogP contribution is 2.42. The molecule has 0 bridgehead atoms. The van der Waals surface area contributed by atoms with Gasteiger partial charge in [-0.2, -0.15) is 0 Å². The van der Waals surface area contributed by atoms with Gasteiger partial charge in [-0.15, -0.1) is 0 Å². The van der Waals surface area contributed by atoms with Crippen LogP contribution in [0.4, 0.5) is 5.82 Å². The molecule has 1 aliphatic rings. The Morgan fingerprint density at radius 1 is 0.840 bits per heavy atom. The van der Waals surface area contributed by atoms with Crippen LogP contribution >= 0.6 is 21.6 Å². The van der Waals surface area contributed by atoms with E-state index in [1.165, 1.54) is 6.33 Å². The van der Waals surface area contributed by atoms with Crippen molar-refractivity contribution < 1.29 is 19.0 Å². The van der Waals surface area contributed by atoms with Crippen molar-refractivity contribution in [3.63, 3.8) is 0 Å². The number of fused-ring (bicyclic) bond motifs is 1. The Bertz CT molecular complexity index is 1890. The van der Waals surface area contributed by atoms with Crippen molar-refractivity contribution in [3.8, 4) is 0 Å². The van der Waals surface area contributed by atoms with E-state index >= 15 is 0 Å². The summed E-state index contributed by atoms with van der Waals surface area (Å²) in [7, 11) is 3.44. The minimum Gasteiger partial charge on any atom is -0.364 e. The first kappa shape index (κ1) is 34.0. The van der Waals surface area contributed by atoms with Gasteiger partial charge in [0.2, 0.25) is 0 Å². The maximum absolute atomic E-state index is 12.9. The second-order valence-corrected chi connectivity index (χ2v) is 14.4. The highest BCUT2D eigenvalue weighted by atomic mass is 33.1. The molecule has 9 nitrogen and oxygen atoms in total. The van der Waals surface area contributed by atoms with Crippen LogP contribution in [0, 0.1) is 0 Å². The van der Waals surface area contributed by atoms with E-state index in [2.05, 4.69) is 63.6 Å². The van der Waals surface area contributed by atoms with E-state index in [1.807, 2.05) is 77.4 Å². The zero-order valence-electron chi connectivity index (χ0n) is 27.5. The smallest absolute Gasteiger partial charge is 0.256 e. The van der Waals surface area contributed by atoms with Crippen molar-refractivity contribution in [2.45, 2.75) is 37.4 Å². The Morgan fingerprint density at radius 3 is 2.04 bits per heavy atom. The Labute approximate surface area is 299 Å². The molecule has 254 valence electrons. The molecule has 1 unspecified atom stereocenters. The van der Waals surface area contributed by atoms with Crippen LogP contribution in [0.1, 0.15) is 46.6 Å². The average Bonchev–Trinajstić information content (AvgIpc) is 3.80. The van der Waals surface area contributed by atoms with Gasteiger partial charge in [0.15, 0.2) is 17.0 Å². The van der Waals surface area contributed by atoms with Crippen LogP contribution in [0.3, 0.4) is 0 Å². The van der Waals surface area contributed by atoms with E-state index in [0.717, 1.165) is 22.4 Å². The van der Waals surface area contributed by atoms with E-state index in [9.17, 15) is 4.79 Å². The molecule has 4 aromatic carbocycles. The normalized spacial score (nSPS) is 17.6. The van der Waals surface area contributed by atoms with Gasteiger partial charge in [-0.3, -0.25) is 9.36 Å². The SMILES string of the molecule is CCSSCOC1C[C@H](n2cnc3c(NC(=O)c4ccccc4)ncnc32)O[C@@H]1COC(c1ccccc1)(c1ccccc1)c1ccccc1. The Balaban J connectivity index is 1.19. The number of carbonyl (C=O) groups is 1. The number of aromatic nitrogens is 4. The van der Waals surface area contributed by atoms with Crippen molar-refractivity contribution in [2.24, 2.45) is 0 Å². The fourth-order valence-corrected chi connectivity index (χ4v) is 7.66. The predicted octanol–water partition coefficient (Wildman–Crippen LogP) is 8.12. The summed E-state index contributed by atoms with van der Waals surface area (Å²) in [5.74, 6) is 1.56. The van der Waals surface area contributed by atoms with Gasteiger partial charge in [0, 0.05) is 17.7 Å². The summed E-state index contributed by atoms with van der Waals surface area (Å²) in [6.07, 6.45) is 2.57. The van der Waals surface area contributed by atoms with Gasteiger partial charge >= 0.3 is 0 Å². The lowest BCUT2D eigenvalue weighted by Gasteiger charge is -2.37. The Hall–Kier alpha value is -4.52. The molecule has 1 amide bonds. The van der Waals surface area contributed by atoms with E-state index in [1.54, 1.807) is 40.0 Å². The molecule has 7 rings (SSSR count). The van der Waals surface area contributed by atoms with Gasteiger partial charge < -0.3 is 19.5 Å². The largest absolute Gasteiger partial charge is 0.364 e. The molecule has 1 saturated heterocycles. The first-order valence-corrected chi connectivity index (χ1v) is 19.0. The Morgan fingerprint density at radius 2 is 1.44 bits per heavy atom. The molecule has 1 fully saturated rings. The summed E-state index contributed by atoms with van der Waals surface area (Å²) in [5.41, 5.74) is 3.70. The zero-order valence-corrected chi connectivity index (χ0v) is 29.1. The maximum Gasteiger partial charge on any atom is 0.256 e. The van der Waals surface area contributed by atoms with Gasteiger partial charge in [0.25, 0.3) is 5.91 Å². The van der Waals surface area contributed by atoms with Gasteiger partial charge in [-0.1, -0.05) is 138 Å². The molecule has 11 heteroatoms. The minimum atomic E-state index is -0.899. The monoisotopic (exact) mass is 703 g/mol. The fraction of sp³-hybridized carbons (Fsp3) is 0.231. The number of rotatable bonds is 14. The summed E-state index contributed by atoms with van der Waals surface area (Å²) in [5, 5.41) is 2.89. The summed E-state index contributed by atoms with van der Waals surface area (Å²) in [4.78, 5) is 26.4. The number of ether oxygens (including phenoxy) is 3. The third-order valence-electron chi connectivity index (χ3n) is 8.65. The summed E-state index contributed by atoms with van der Waals surface area (Å²) >= 11 is 0. The molecule has 6 aromatic rings. The van der Waals surface area contributed by atoms with Crippen molar-refractivity contribution >= 4 is 44.5 Å². The summed E-state index contributed by atoms with van der Waals surface area (Å²) < 4.78 is 22.3. The molecule has 0 aliphatic carbocycles. The minimum absolute atomic E-state index is 0.255. The molecule has 1 N–H and O–H groups in total. The first-order valence-electron chi connectivity index (χ1n) is 16.5. The maximum atomic E-state index is 12.9. The molecule has 0 spiro atoms. The van der Waals surface area contributed by atoms with Crippen molar-refractivity contribution in [1.82, 2.24) is 19.5 Å². The van der Waals surface area contributed by atoms with Crippen LogP contribution in [-0.4, -0.2) is 55.9 Å². The van der Waals surface area contributed by atoms with E-state index in [-0.39, 0.29) is 18.6 Å². The molecular weight excluding hydrogens is 667 g/mol. The van der Waals surface area contributed by atoms with Crippen LogP contribution in [0.15, 0.2) is 134 Å². The summed E-state index contributed by atoms with van der Waals surface area (Å²) in [6.45, 7) is 2.38. The van der Waals surface area contributed by atoms with E-state index in [0.29, 0.717) is 34.9 Å². The molecule has 0 saturated carbocycles. The third kappa shape index (κ3) is 7.19. The Kier molecular flexibility index (Phi) is 10.9. The lowest BCUT2D eigenvalue weighted by atomic mass is 9.80. The predicted molar refractivity (Wildman–Crippen MR) is 199 cm³/mol. The van der Waals surface area contributed by atoms with Crippen molar-refractivity contribution in [2.75, 3.05) is 23.6 Å². The molecule has 3 heterocycles. The molecular formula is C39H37N5O4S2. The van der Waals surface area contributed by atoms with E-state index < -0.39 is 17.9 Å². The second kappa shape index (κ2) is 16.0. The number of hydrogen-bond donors (Lipinski definition) is 1. The number of hydrogen-bond acceptors (Lipinski definition) is 9. The topological polar surface area (TPSA) is 100 Å². The first-order chi connectivity index (χ1) is 24.7. The van der Waals surface area contributed by atoms with Crippen LogP contribution in [0.25, 0.3) is 11.2 Å². The summed E-state index contributed by atoms with van der Waals surface area (Å²) in [6, 6.07) is 39.9. The molecule has 3 atom stereocenters. The quantitative estimate of drug-likeness (QED) is 0.0522. The molecule has 2 aromatic heterocycles. The van der Waals surface area contributed by atoms with Gasteiger partial charge in [0.05, 0.1) is 19.0 Å². The molecule has 50 heavy (non-hydrogen) atoms. The van der Waals surface area contributed by atoms with Crippen LogP contribution < -0.4 is 5.32 Å². The number of benzene rings is 4. The number of amides is 1. The average molecular weight is 704 g/mol. The van der Waals surface area contributed by atoms with Crippen LogP contribution in [0.2, 0.25) is 0 Å². The second-order valence-electron chi connectivity index (χ2n) is 11.7. The zero-order chi connectivity index (χ0) is 34.2. The number of carbonyl (C=O) groups excluding carboxylic acids is 1. The van der Waals surface area contributed by atoms with Crippen molar-refractivity contribution in [1.29, 1.82) is 0 Å². The number of nitrogens with one attached hydrogen (secondary N) is 1.